The van der Waals surface area contributed by atoms with Gasteiger partial charge in [0.05, 0.1) is 16.6 Å². The first-order valence-electron chi connectivity index (χ1n) is 24.0. The van der Waals surface area contributed by atoms with Gasteiger partial charge in [-0.2, -0.15) is 5.10 Å². The minimum Gasteiger partial charge on any atom is -0.492 e. The van der Waals surface area contributed by atoms with Crippen molar-refractivity contribution >= 4 is 81.5 Å². The van der Waals surface area contributed by atoms with E-state index in [0.717, 1.165) is 57.0 Å². The van der Waals surface area contributed by atoms with Crippen LogP contribution in [0, 0.1) is 12.7 Å². The van der Waals surface area contributed by atoms with E-state index in [1.807, 2.05) is 13.0 Å². The molecule has 2 N–H and O–H groups in total. The Morgan fingerprint density at radius 2 is 1.62 bits per heavy atom. The second kappa shape index (κ2) is 20.4. The first kappa shape index (κ1) is 45.4. The van der Waals surface area contributed by atoms with Crippen LogP contribution in [0.15, 0.2) is 97.1 Å². The standard InChI is InChI=1S/C31H34BrN3O.C25H28ClFN2/c1-3-36-31(29(32)26-17-20(2)16-21-8-4-5-10-25(21)26)23-11-12-28-27(19-23)30(34-33-28)22-13-15-35-14-7-6-9-24(35)18-22;1-3-23-25(19-11-13-29(4-2)14-12-19)21-15-17(5-10-24(21)28-23)16-22(26)18-6-8-20(27)9-7-18/h4-5,8,10-12,16-17,19,22,24H,3,6-7,9,13-15,18H2,1-2H3,(H,33,34);5-10,15-16,19,28H,3-4,11-14H2,1-2H3. The van der Waals surface area contributed by atoms with E-state index in [0.29, 0.717) is 23.5 Å². The van der Waals surface area contributed by atoms with Gasteiger partial charge in [-0.1, -0.05) is 86.5 Å². The van der Waals surface area contributed by atoms with Gasteiger partial charge in [0.25, 0.3) is 0 Å². The molecule has 7 aromatic rings. The Labute approximate surface area is 397 Å². The summed E-state index contributed by atoms with van der Waals surface area (Å²) in [6, 6.07) is 33.1. The second-order valence-electron chi connectivity index (χ2n) is 18.3. The largest absolute Gasteiger partial charge is 0.492 e. The molecule has 3 fully saturated rings. The number of nitrogens with one attached hydrogen (secondary N) is 2. The molecule has 5 aromatic carbocycles. The molecule has 9 heteroatoms. The highest BCUT2D eigenvalue weighted by Crippen LogP contribution is 2.41. The lowest BCUT2D eigenvalue weighted by atomic mass is 9.83. The fraction of sp³-hybridized carbons (Fsp3) is 0.375. The van der Waals surface area contributed by atoms with Gasteiger partial charge in [0.1, 0.15) is 11.6 Å². The number of aryl methyl sites for hydroxylation is 2. The highest BCUT2D eigenvalue weighted by Gasteiger charge is 2.32. The normalized spacial score (nSPS) is 19.3. The molecule has 0 amide bonds. The Kier molecular flexibility index (Phi) is 14.3. The third-order valence-corrected chi connectivity index (χ3v) is 15.3. The van der Waals surface area contributed by atoms with Crippen LogP contribution in [0.25, 0.3) is 53.9 Å². The molecule has 0 saturated carbocycles. The Bertz CT molecular complexity index is 2840. The molecule has 2 atom stereocenters. The molecule has 3 aliphatic rings. The van der Waals surface area contributed by atoms with Crippen molar-refractivity contribution < 1.29 is 9.13 Å². The number of aromatic nitrogens is 3. The fourth-order valence-corrected chi connectivity index (χ4v) is 11.7. The maximum atomic E-state index is 13.2. The maximum Gasteiger partial charge on any atom is 0.141 e. The van der Waals surface area contributed by atoms with Crippen LogP contribution in [0.3, 0.4) is 0 Å². The monoisotopic (exact) mass is 953 g/mol. The first-order chi connectivity index (χ1) is 31.7. The lowest BCUT2D eigenvalue weighted by Crippen LogP contribution is -2.44. The van der Waals surface area contributed by atoms with E-state index in [-0.39, 0.29) is 5.82 Å². The number of hydrogen-bond donors (Lipinski definition) is 2. The quantitative estimate of drug-likeness (QED) is 0.106. The number of rotatable bonds is 10. The van der Waals surface area contributed by atoms with Gasteiger partial charge in [-0.3, -0.25) is 5.10 Å². The number of benzene rings is 5. The van der Waals surface area contributed by atoms with Crippen molar-refractivity contribution in [2.45, 2.75) is 96.9 Å². The predicted molar refractivity (Wildman–Crippen MR) is 275 cm³/mol. The van der Waals surface area contributed by atoms with Crippen LogP contribution in [0.5, 0.6) is 0 Å². The molecular weight excluding hydrogens is 893 g/mol. The van der Waals surface area contributed by atoms with Gasteiger partial charge in [0.2, 0.25) is 0 Å². The average molecular weight is 956 g/mol. The minimum atomic E-state index is -0.252. The summed E-state index contributed by atoms with van der Waals surface area (Å²) in [5, 5.41) is 13.7. The van der Waals surface area contributed by atoms with Crippen molar-refractivity contribution in [3.05, 3.63) is 148 Å². The van der Waals surface area contributed by atoms with E-state index in [9.17, 15) is 4.39 Å². The number of nitrogens with zero attached hydrogens (tertiary/aromatic N) is 3. The van der Waals surface area contributed by atoms with Crippen molar-refractivity contribution in [2.75, 3.05) is 39.3 Å². The number of piperidine rings is 3. The molecule has 65 heavy (non-hydrogen) atoms. The highest BCUT2D eigenvalue weighted by molar-refractivity contribution is 9.15. The third-order valence-electron chi connectivity index (χ3n) is 14.2. The number of likely N-dealkylation sites (tertiary alicyclic amines) is 1. The average Bonchev–Trinajstić information content (AvgIpc) is 3.94. The Morgan fingerprint density at radius 1 is 0.831 bits per heavy atom. The Morgan fingerprint density at radius 3 is 2.40 bits per heavy atom. The van der Waals surface area contributed by atoms with Crippen molar-refractivity contribution in [1.82, 2.24) is 25.0 Å². The molecule has 0 spiro atoms. The van der Waals surface area contributed by atoms with E-state index < -0.39 is 0 Å². The molecule has 2 aromatic heterocycles. The molecule has 338 valence electrons. The fourth-order valence-electron chi connectivity index (χ4n) is 10.8. The van der Waals surface area contributed by atoms with E-state index in [2.05, 4.69) is 129 Å². The number of hydrogen-bond acceptors (Lipinski definition) is 4. The molecule has 5 heterocycles. The lowest BCUT2D eigenvalue weighted by Gasteiger charge is -2.42. The molecule has 3 aliphatic heterocycles. The van der Waals surface area contributed by atoms with Crippen LogP contribution in [0.1, 0.15) is 122 Å². The minimum absolute atomic E-state index is 0.252. The Balaban J connectivity index is 0.000000168. The van der Waals surface area contributed by atoms with Crippen LogP contribution in [0.2, 0.25) is 0 Å². The van der Waals surface area contributed by atoms with E-state index in [1.54, 1.807) is 12.1 Å². The third kappa shape index (κ3) is 9.88. The number of halogens is 3. The van der Waals surface area contributed by atoms with Gasteiger partial charge in [-0.15, -0.1) is 0 Å². The summed E-state index contributed by atoms with van der Waals surface area (Å²) < 4.78 is 20.5. The molecule has 6 nitrogen and oxygen atoms in total. The van der Waals surface area contributed by atoms with Crippen LogP contribution >= 0.6 is 27.5 Å². The van der Waals surface area contributed by atoms with Gasteiger partial charge in [-0.05, 0) is 195 Å². The molecular formula is C56H62BrClFN5O. The molecule has 0 bridgehead atoms. The van der Waals surface area contributed by atoms with Crippen molar-refractivity contribution in [3.8, 4) is 0 Å². The number of fused-ring (bicyclic) bond motifs is 4. The van der Waals surface area contributed by atoms with Crippen molar-refractivity contribution in [2.24, 2.45) is 0 Å². The van der Waals surface area contributed by atoms with Crippen LogP contribution in [-0.2, 0) is 11.2 Å². The number of aromatic amines is 2. The van der Waals surface area contributed by atoms with Gasteiger partial charge < -0.3 is 19.5 Å². The SMILES string of the molecule is CCOC(=C(Br)c1cc(C)cc2ccccc12)c1ccc2n[nH]c(C3CCN4CCCCC4C3)c2c1.CCc1[nH]c2ccc(C=C(Cl)c3ccc(F)cc3)cc2c1C1CCN(CC)CC1. The zero-order valence-electron chi connectivity index (χ0n) is 38.3. The summed E-state index contributed by atoms with van der Waals surface area (Å²) in [4.78, 5) is 8.89. The van der Waals surface area contributed by atoms with Crippen LogP contribution in [-0.4, -0.2) is 70.4 Å². The van der Waals surface area contributed by atoms with E-state index in [1.165, 1.54) is 133 Å². The number of ether oxygens (including phenoxy) is 1. The second-order valence-corrected chi connectivity index (χ2v) is 19.5. The topological polar surface area (TPSA) is 60.2 Å². The van der Waals surface area contributed by atoms with Crippen LogP contribution in [0.4, 0.5) is 4.39 Å². The summed E-state index contributed by atoms with van der Waals surface area (Å²) in [6.07, 6.45) is 11.9. The molecule has 2 unspecified atom stereocenters. The molecule has 0 radical (unpaired) electrons. The lowest BCUT2D eigenvalue weighted by molar-refractivity contribution is 0.0968. The zero-order valence-corrected chi connectivity index (χ0v) is 40.7. The first-order valence-corrected chi connectivity index (χ1v) is 25.1. The summed E-state index contributed by atoms with van der Waals surface area (Å²) in [5.41, 5.74) is 11.8. The smallest absolute Gasteiger partial charge is 0.141 e. The number of H-pyrrole nitrogens is 2. The van der Waals surface area contributed by atoms with Crippen molar-refractivity contribution in [3.63, 3.8) is 0 Å². The van der Waals surface area contributed by atoms with Gasteiger partial charge in [-0.25, -0.2) is 4.39 Å². The van der Waals surface area contributed by atoms with Crippen molar-refractivity contribution in [1.29, 1.82) is 0 Å². The summed E-state index contributed by atoms with van der Waals surface area (Å²) in [7, 11) is 0. The van der Waals surface area contributed by atoms with Gasteiger partial charge in [0, 0.05) is 55.8 Å². The highest BCUT2D eigenvalue weighted by atomic mass is 79.9. The summed E-state index contributed by atoms with van der Waals surface area (Å²) in [6.45, 7) is 15.2. The van der Waals surface area contributed by atoms with Gasteiger partial charge >= 0.3 is 0 Å². The molecule has 0 aliphatic carbocycles. The summed E-state index contributed by atoms with van der Waals surface area (Å²) >= 11 is 10.5. The van der Waals surface area contributed by atoms with Crippen LogP contribution < -0.4 is 0 Å². The molecule has 10 rings (SSSR count). The van der Waals surface area contributed by atoms with E-state index >= 15 is 0 Å². The molecule has 3 saturated heterocycles. The van der Waals surface area contributed by atoms with E-state index in [4.69, 9.17) is 21.4 Å². The Hall–Kier alpha value is -4.73. The maximum absolute atomic E-state index is 13.2. The summed E-state index contributed by atoms with van der Waals surface area (Å²) in [5.74, 6) is 1.77. The predicted octanol–water partition coefficient (Wildman–Crippen LogP) is 14.8. The van der Waals surface area contributed by atoms with Gasteiger partial charge in [0.15, 0.2) is 0 Å². The zero-order chi connectivity index (χ0) is 45.0.